The van der Waals surface area contributed by atoms with Crippen molar-refractivity contribution in [1.82, 2.24) is 5.43 Å². The van der Waals surface area contributed by atoms with Gasteiger partial charge in [-0.05, 0) is 47.9 Å². The standard InChI is InChI=1S/C22H28N2O4/c1-4-5-6-13-28-20-12-9-18(14-21(20)27-3)16-23-24-22(25)15-17-7-10-19(26-2)11-8-17/h7-12,14,16H,4-6,13,15H2,1-3H3,(H,24,25)/b23-16-. The smallest absolute Gasteiger partial charge is 0.244 e. The first kappa shape index (κ1) is 21.3. The molecule has 2 aromatic carbocycles. The summed E-state index contributed by atoms with van der Waals surface area (Å²) in [4.78, 5) is 12.0. The van der Waals surface area contributed by atoms with Gasteiger partial charge in [0, 0.05) is 0 Å². The maximum absolute atomic E-state index is 12.0. The number of amides is 1. The van der Waals surface area contributed by atoms with Gasteiger partial charge in [0.05, 0.1) is 33.5 Å². The predicted octanol–water partition coefficient (Wildman–Crippen LogP) is 3.97. The zero-order valence-electron chi connectivity index (χ0n) is 16.7. The number of hydrazone groups is 1. The van der Waals surface area contributed by atoms with Crippen molar-refractivity contribution < 1.29 is 19.0 Å². The fraction of sp³-hybridized carbons (Fsp3) is 0.364. The summed E-state index contributed by atoms with van der Waals surface area (Å²) in [5.74, 6) is 1.92. The number of hydrogen-bond donors (Lipinski definition) is 1. The third-order valence-corrected chi connectivity index (χ3v) is 4.12. The molecule has 0 heterocycles. The fourth-order valence-electron chi connectivity index (χ4n) is 2.57. The first-order chi connectivity index (χ1) is 13.7. The minimum absolute atomic E-state index is 0.191. The second-order valence-electron chi connectivity index (χ2n) is 6.28. The highest BCUT2D eigenvalue weighted by molar-refractivity contribution is 5.84. The Morgan fingerprint density at radius 3 is 2.50 bits per heavy atom. The molecule has 2 rings (SSSR count). The molecule has 6 heteroatoms. The van der Waals surface area contributed by atoms with Gasteiger partial charge in [0.1, 0.15) is 5.75 Å². The highest BCUT2D eigenvalue weighted by atomic mass is 16.5. The van der Waals surface area contributed by atoms with Gasteiger partial charge in [-0.15, -0.1) is 0 Å². The van der Waals surface area contributed by atoms with E-state index in [1.807, 2.05) is 42.5 Å². The molecule has 0 unspecified atom stereocenters. The number of nitrogens with zero attached hydrogens (tertiary/aromatic N) is 1. The van der Waals surface area contributed by atoms with Crippen LogP contribution in [0, 0.1) is 0 Å². The van der Waals surface area contributed by atoms with E-state index in [9.17, 15) is 4.79 Å². The van der Waals surface area contributed by atoms with Crippen LogP contribution < -0.4 is 19.6 Å². The number of hydrogen-bond acceptors (Lipinski definition) is 5. The average Bonchev–Trinajstić information content (AvgIpc) is 2.72. The van der Waals surface area contributed by atoms with Gasteiger partial charge in [0.15, 0.2) is 11.5 Å². The van der Waals surface area contributed by atoms with Crippen molar-refractivity contribution in [3.8, 4) is 17.2 Å². The number of ether oxygens (including phenoxy) is 3. The van der Waals surface area contributed by atoms with Crippen LogP contribution in [-0.4, -0.2) is 32.9 Å². The second kappa shape index (κ2) is 11.6. The van der Waals surface area contributed by atoms with Gasteiger partial charge in [-0.1, -0.05) is 31.9 Å². The quantitative estimate of drug-likeness (QED) is 0.362. The first-order valence-corrected chi connectivity index (χ1v) is 9.42. The highest BCUT2D eigenvalue weighted by Crippen LogP contribution is 2.27. The zero-order chi connectivity index (χ0) is 20.2. The topological polar surface area (TPSA) is 69.2 Å². The first-order valence-electron chi connectivity index (χ1n) is 9.42. The molecule has 0 aliphatic rings. The number of nitrogens with one attached hydrogen (secondary N) is 1. The van der Waals surface area contributed by atoms with Crippen LogP contribution in [-0.2, 0) is 11.2 Å². The molecule has 0 aliphatic heterocycles. The Morgan fingerprint density at radius 2 is 1.82 bits per heavy atom. The molecule has 2 aromatic rings. The summed E-state index contributed by atoms with van der Waals surface area (Å²) in [5.41, 5.74) is 4.23. The van der Waals surface area contributed by atoms with Crippen LogP contribution in [0.15, 0.2) is 47.6 Å². The van der Waals surface area contributed by atoms with Crippen LogP contribution in [0.2, 0.25) is 0 Å². The van der Waals surface area contributed by atoms with Gasteiger partial charge < -0.3 is 14.2 Å². The summed E-state index contributed by atoms with van der Waals surface area (Å²) in [7, 11) is 3.21. The van der Waals surface area contributed by atoms with E-state index in [0.717, 1.165) is 36.1 Å². The molecule has 0 saturated heterocycles. The van der Waals surface area contributed by atoms with Gasteiger partial charge >= 0.3 is 0 Å². The van der Waals surface area contributed by atoms with Crippen LogP contribution in [0.1, 0.15) is 37.3 Å². The molecular weight excluding hydrogens is 356 g/mol. The maximum Gasteiger partial charge on any atom is 0.244 e. The molecule has 0 fully saturated rings. The van der Waals surface area contributed by atoms with Crippen molar-refractivity contribution in [3.05, 3.63) is 53.6 Å². The van der Waals surface area contributed by atoms with E-state index in [0.29, 0.717) is 18.1 Å². The largest absolute Gasteiger partial charge is 0.497 e. The SMILES string of the molecule is CCCCCOc1ccc(/C=N\NC(=O)Cc2ccc(OC)cc2)cc1OC. The zero-order valence-corrected chi connectivity index (χ0v) is 16.7. The summed E-state index contributed by atoms with van der Waals surface area (Å²) >= 11 is 0. The van der Waals surface area contributed by atoms with Crippen molar-refractivity contribution in [1.29, 1.82) is 0 Å². The minimum Gasteiger partial charge on any atom is -0.497 e. The van der Waals surface area contributed by atoms with E-state index < -0.39 is 0 Å². The number of rotatable bonds is 11. The molecule has 28 heavy (non-hydrogen) atoms. The van der Waals surface area contributed by atoms with Crippen molar-refractivity contribution in [3.63, 3.8) is 0 Å². The third kappa shape index (κ3) is 6.95. The molecule has 1 N–H and O–H groups in total. The molecule has 6 nitrogen and oxygen atoms in total. The van der Waals surface area contributed by atoms with Crippen LogP contribution in [0.3, 0.4) is 0 Å². The van der Waals surface area contributed by atoms with Crippen LogP contribution in [0.4, 0.5) is 0 Å². The number of unbranched alkanes of at least 4 members (excludes halogenated alkanes) is 2. The Morgan fingerprint density at radius 1 is 1.04 bits per heavy atom. The van der Waals surface area contributed by atoms with E-state index in [1.165, 1.54) is 0 Å². The highest BCUT2D eigenvalue weighted by Gasteiger charge is 2.06. The summed E-state index contributed by atoms with van der Waals surface area (Å²) in [5, 5.41) is 4.02. The van der Waals surface area contributed by atoms with E-state index in [2.05, 4.69) is 17.5 Å². The Labute approximate surface area is 166 Å². The van der Waals surface area contributed by atoms with Crippen molar-refractivity contribution in [2.45, 2.75) is 32.6 Å². The predicted molar refractivity (Wildman–Crippen MR) is 110 cm³/mol. The van der Waals surface area contributed by atoms with E-state index in [-0.39, 0.29) is 12.3 Å². The third-order valence-electron chi connectivity index (χ3n) is 4.12. The second-order valence-corrected chi connectivity index (χ2v) is 6.28. The van der Waals surface area contributed by atoms with E-state index >= 15 is 0 Å². The number of methoxy groups -OCH3 is 2. The molecule has 0 atom stereocenters. The fourth-order valence-corrected chi connectivity index (χ4v) is 2.57. The molecule has 150 valence electrons. The molecular formula is C22H28N2O4. The number of carbonyl (C=O) groups excluding carboxylic acids is 1. The lowest BCUT2D eigenvalue weighted by atomic mass is 10.1. The van der Waals surface area contributed by atoms with Gasteiger partial charge in [-0.25, -0.2) is 5.43 Å². The molecule has 1 amide bonds. The molecule has 0 radical (unpaired) electrons. The van der Waals surface area contributed by atoms with Gasteiger partial charge in [-0.3, -0.25) is 4.79 Å². The monoisotopic (exact) mass is 384 g/mol. The van der Waals surface area contributed by atoms with Gasteiger partial charge in [-0.2, -0.15) is 5.10 Å². The van der Waals surface area contributed by atoms with Crippen LogP contribution in [0.25, 0.3) is 0 Å². The Balaban J connectivity index is 1.87. The van der Waals surface area contributed by atoms with Gasteiger partial charge in [0.25, 0.3) is 0 Å². The Hall–Kier alpha value is -3.02. The number of carbonyl (C=O) groups is 1. The number of benzene rings is 2. The Kier molecular flexibility index (Phi) is 8.85. The molecule has 0 saturated carbocycles. The normalized spacial score (nSPS) is 10.7. The lowest BCUT2D eigenvalue weighted by Crippen LogP contribution is -2.19. The molecule has 0 bridgehead atoms. The Bertz CT molecular complexity index is 773. The summed E-state index contributed by atoms with van der Waals surface area (Å²) in [6.45, 7) is 2.82. The van der Waals surface area contributed by atoms with E-state index in [1.54, 1.807) is 20.4 Å². The average molecular weight is 384 g/mol. The van der Waals surface area contributed by atoms with E-state index in [4.69, 9.17) is 14.2 Å². The summed E-state index contributed by atoms with van der Waals surface area (Å²) < 4.78 is 16.3. The maximum atomic E-state index is 12.0. The van der Waals surface area contributed by atoms with Crippen LogP contribution >= 0.6 is 0 Å². The lowest BCUT2D eigenvalue weighted by molar-refractivity contribution is -0.120. The van der Waals surface area contributed by atoms with Gasteiger partial charge in [0.2, 0.25) is 5.91 Å². The molecule has 0 aromatic heterocycles. The molecule has 0 spiro atoms. The summed E-state index contributed by atoms with van der Waals surface area (Å²) in [6, 6.07) is 12.9. The van der Waals surface area contributed by atoms with Crippen molar-refractivity contribution >= 4 is 12.1 Å². The lowest BCUT2D eigenvalue weighted by Gasteiger charge is -2.11. The molecule has 0 aliphatic carbocycles. The summed E-state index contributed by atoms with van der Waals surface area (Å²) in [6.07, 6.45) is 5.14. The van der Waals surface area contributed by atoms with Crippen LogP contribution in [0.5, 0.6) is 17.2 Å². The van der Waals surface area contributed by atoms with Crippen molar-refractivity contribution in [2.24, 2.45) is 5.10 Å². The minimum atomic E-state index is -0.191. The van der Waals surface area contributed by atoms with Crippen molar-refractivity contribution in [2.75, 3.05) is 20.8 Å².